The molecule has 7 heteroatoms. The molecule has 0 spiro atoms. The van der Waals surface area contributed by atoms with Gasteiger partial charge in [0.2, 0.25) is 0 Å². The molecule has 0 bridgehead atoms. The van der Waals surface area contributed by atoms with E-state index < -0.39 is 0 Å². The Labute approximate surface area is 145 Å². The molecule has 0 atom stereocenters. The number of ether oxygens (including phenoxy) is 1. The van der Waals surface area contributed by atoms with Crippen molar-refractivity contribution in [2.24, 2.45) is 14.1 Å². The first-order chi connectivity index (χ1) is 12.0. The van der Waals surface area contributed by atoms with Gasteiger partial charge in [0.15, 0.2) is 11.2 Å². The number of unbranched alkanes of at least 4 members (excludes halogenated alkanes) is 1. The number of benzene rings is 1. The lowest BCUT2D eigenvalue weighted by Gasteiger charge is -2.08. The molecule has 0 saturated heterocycles. The molecule has 0 saturated carbocycles. The van der Waals surface area contributed by atoms with Gasteiger partial charge in [-0.2, -0.15) is 0 Å². The molecule has 0 amide bonds. The normalized spacial score (nSPS) is 11.2. The summed E-state index contributed by atoms with van der Waals surface area (Å²) in [6, 6.07) is 7.96. The first kappa shape index (κ1) is 17.0. The minimum atomic E-state index is -0.366. The minimum Gasteiger partial charge on any atom is -0.494 e. The van der Waals surface area contributed by atoms with Gasteiger partial charge in [0, 0.05) is 20.6 Å². The smallest absolute Gasteiger partial charge is 0.332 e. The van der Waals surface area contributed by atoms with E-state index in [4.69, 9.17) is 4.74 Å². The predicted molar refractivity (Wildman–Crippen MR) is 96.1 cm³/mol. The second-order valence-electron chi connectivity index (χ2n) is 6.18. The number of nitrogens with zero attached hydrogens (tertiary/aromatic N) is 4. The van der Waals surface area contributed by atoms with Crippen LogP contribution in [0.3, 0.4) is 0 Å². The summed E-state index contributed by atoms with van der Waals surface area (Å²) < 4.78 is 10.0. The van der Waals surface area contributed by atoms with Crippen molar-refractivity contribution in [2.75, 3.05) is 6.61 Å². The van der Waals surface area contributed by atoms with E-state index >= 15 is 0 Å². The van der Waals surface area contributed by atoms with Crippen LogP contribution in [0.4, 0.5) is 0 Å². The number of imidazole rings is 1. The molecule has 0 N–H and O–H groups in total. The Balaban J connectivity index is 1.63. The fraction of sp³-hybridized carbons (Fsp3) is 0.389. The topological polar surface area (TPSA) is 71.1 Å². The van der Waals surface area contributed by atoms with E-state index in [1.165, 1.54) is 17.2 Å². The molecule has 0 radical (unpaired) electrons. The van der Waals surface area contributed by atoms with Gasteiger partial charge in [-0.1, -0.05) is 17.7 Å². The van der Waals surface area contributed by atoms with Crippen molar-refractivity contribution in [1.29, 1.82) is 0 Å². The highest BCUT2D eigenvalue weighted by molar-refractivity contribution is 5.69. The molecule has 3 aromatic rings. The van der Waals surface area contributed by atoms with Crippen LogP contribution in [0.2, 0.25) is 0 Å². The van der Waals surface area contributed by atoms with Crippen molar-refractivity contribution in [1.82, 2.24) is 18.7 Å². The second-order valence-corrected chi connectivity index (χ2v) is 6.18. The summed E-state index contributed by atoms with van der Waals surface area (Å²) >= 11 is 0. The monoisotopic (exact) mass is 342 g/mol. The van der Waals surface area contributed by atoms with E-state index in [2.05, 4.69) is 4.98 Å². The highest BCUT2D eigenvalue weighted by atomic mass is 16.5. The molecule has 132 valence electrons. The number of rotatable bonds is 6. The van der Waals surface area contributed by atoms with Crippen molar-refractivity contribution in [3.8, 4) is 5.75 Å². The highest BCUT2D eigenvalue weighted by Gasteiger charge is 2.13. The third-order valence-electron chi connectivity index (χ3n) is 4.30. The summed E-state index contributed by atoms with van der Waals surface area (Å²) in [5.41, 5.74) is 1.41. The largest absolute Gasteiger partial charge is 0.494 e. The first-order valence-electron chi connectivity index (χ1n) is 8.29. The lowest BCUT2D eigenvalue weighted by atomic mass is 10.2. The Morgan fingerprint density at radius 3 is 2.48 bits per heavy atom. The fourth-order valence-corrected chi connectivity index (χ4v) is 2.78. The first-order valence-corrected chi connectivity index (χ1v) is 8.29. The van der Waals surface area contributed by atoms with Crippen LogP contribution in [0.5, 0.6) is 5.75 Å². The van der Waals surface area contributed by atoms with Crippen LogP contribution < -0.4 is 16.0 Å². The Bertz CT molecular complexity index is 996. The van der Waals surface area contributed by atoms with E-state index in [9.17, 15) is 9.59 Å². The van der Waals surface area contributed by atoms with Crippen molar-refractivity contribution < 1.29 is 4.74 Å². The Hall–Kier alpha value is -2.83. The average Bonchev–Trinajstić information content (AvgIpc) is 3.03. The fourth-order valence-electron chi connectivity index (χ4n) is 2.78. The number of hydrogen-bond donors (Lipinski definition) is 0. The standard InChI is InChI=1S/C18H22N4O3/c1-13-6-8-14(9-7-13)25-11-5-4-10-22-12-19-16-15(22)17(23)21(3)18(24)20(16)2/h6-9,12H,4-5,10-11H2,1-3H3. The zero-order valence-electron chi connectivity index (χ0n) is 14.7. The van der Waals surface area contributed by atoms with Gasteiger partial charge in [-0.05, 0) is 31.9 Å². The molecule has 1 aromatic carbocycles. The van der Waals surface area contributed by atoms with Crippen molar-refractivity contribution in [2.45, 2.75) is 26.3 Å². The molecule has 0 aliphatic heterocycles. The van der Waals surface area contributed by atoms with Crippen LogP contribution >= 0.6 is 0 Å². The molecule has 0 aliphatic carbocycles. The van der Waals surface area contributed by atoms with Crippen LogP contribution in [0.1, 0.15) is 18.4 Å². The second kappa shape index (κ2) is 6.96. The van der Waals surface area contributed by atoms with E-state index in [0.29, 0.717) is 24.3 Å². The molecule has 0 fully saturated rings. The van der Waals surface area contributed by atoms with Crippen molar-refractivity contribution in [3.05, 3.63) is 57.0 Å². The third kappa shape index (κ3) is 3.35. The van der Waals surface area contributed by atoms with E-state index in [-0.39, 0.29) is 11.2 Å². The van der Waals surface area contributed by atoms with Crippen molar-refractivity contribution >= 4 is 11.2 Å². The summed E-state index contributed by atoms with van der Waals surface area (Å²) in [6.45, 7) is 3.31. The molecule has 2 aromatic heterocycles. The van der Waals surface area contributed by atoms with Gasteiger partial charge in [-0.3, -0.25) is 13.9 Å². The van der Waals surface area contributed by atoms with Gasteiger partial charge < -0.3 is 9.30 Å². The summed E-state index contributed by atoms with van der Waals surface area (Å²) in [7, 11) is 3.10. The van der Waals surface area contributed by atoms with Crippen LogP contribution in [0.15, 0.2) is 40.2 Å². The van der Waals surface area contributed by atoms with E-state index in [1.807, 2.05) is 35.8 Å². The molecule has 0 aliphatic rings. The molecular formula is C18H22N4O3. The SMILES string of the molecule is Cc1ccc(OCCCCn2cnc3c2c(=O)n(C)c(=O)n3C)cc1. The third-order valence-corrected chi connectivity index (χ3v) is 4.30. The zero-order chi connectivity index (χ0) is 18.0. The number of aryl methyl sites for hydroxylation is 3. The van der Waals surface area contributed by atoms with Gasteiger partial charge in [0.25, 0.3) is 5.56 Å². The van der Waals surface area contributed by atoms with Gasteiger partial charge in [-0.15, -0.1) is 0 Å². The molecule has 2 heterocycles. The minimum absolute atomic E-state index is 0.313. The quantitative estimate of drug-likeness (QED) is 0.638. The Kier molecular flexibility index (Phi) is 4.74. The lowest BCUT2D eigenvalue weighted by Crippen LogP contribution is -2.37. The van der Waals surface area contributed by atoms with Gasteiger partial charge >= 0.3 is 5.69 Å². The zero-order valence-corrected chi connectivity index (χ0v) is 14.7. The Morgan fingerprint density at radius 2 is 1.76 bits per heavy atom. The maximum Gasteiger partial charge on any atom is 0.332 e. The molecule has 3 rings (SSSR count). The lowest BCUT2D eigenvalue weighted by molar-refractivity contribution is 0.303. The number of hydrogen-bond acceptors (Lipinski definition) is 4. The Morgan fingerprint density at radius 1 is 1.04 bits per heavy atom. The number of fused-ring (bicyclic) bond motifs is 1. The van der Waals surface area contributed by atoms with Gasteiger partial charge in [0.1, 0.15) is 5.75 Å². The van der Waals surface area contributed by atoms with Crippen LogP contribution in [-0.4, -0.2) is 25.3 Å². The number of aromatic nitrogens is 4. The van der Waals surface area contributed by atoms with Gasteiger partial charge in [-0.25, -0.2) is 9.78 Å². The van der Waals surface area contributed by atoms with Gasteiger partial charge in [0.05, 0.1) is 12.9 Å². The van der Waals surface area contributed by atoms with Crippen LogP contribution in [0.25, 0.3) is 11.2 Å². The van der Waals surface area contributed by atoms with Crippen LogP contribution in [-0.2, 0) is 20.6 Å². The highest BCUT2D eigenvalue weighted by Crippen LogP contribution is 2.12. The molecule has 0 unspecified atom stereocenters. The summed E-state index contributed by atoms with van der Waals surface area (Å²) in [4.78, 5) is 28.5. The molecule has 7 nitrogen and oxygen atoms in total. The summed E-state index contributed by atoms with van der Waals surface area (Å²) in [6.07, 6.45) is 3.33. The summed E-state index contributed by atoms with van der Waals surface area (Å²) in [5.74, 6) is 0.863. The molecular weight excluding hydrogens is 320 g/mol. The average molecular weight is 342 g/mol. The maximum atomic E-state index is 12.3. The molecule has 25 heavy (non-hydrogen) atoms. The van der Waals surface area contributed by atoms with E-state index in [1.54, 1.807) is 13.4 Å². The maximum absolute atomic E-state index is 12.3. The van der Waals surface area contributed by atoms with Crippen molar-refractivity contribution in [3.63, 3.8) is 0 Å². The van der Waals surface area contributed by atoms with E-state index in [0.717, 1.165) is 23.2 Å². The summed E-state index contributed by atoms with van der Waals surface area (Å²) in [5, 5.41) is 0. The van der Waals surface area contributed by atoms with Crippen LogP contribution in [0, 0.1) is 6.92 Å². The predicted octanol–water partition coefficient (Wildman–Crippen LogP) is 1.60.